The first-order chi connectivity index (χ1) is 12.9. The maximum absolute atomic E-state index is 12.1. The molecule has 1 aromatic rings. The van der Waals surface area contributed by atoms with E-state index in [0.29, 0.717) is 18.1 Å². The third-order valence-corrected chi connectivity index (χ3v) is 6.09. The summed E-state index contributed by atoms with van der Waals surface area (Å²) in [6, 6.07) is 4.27. The van der Waals surface area contributed by atoms with Gasteiger partial charge in [-0.05, 0) is 64.2 Å². The van der Waals surface area contributed by atoms with Gasteiger partial charge in [-0.25, -0.2) is 0 Å². The molecule has 0 spiro atoms. The Bertz CT molecular complexity index is 729. The summed E-state index contributed by atoms with van der Waals surface area (Å²) in [6.07, 6.45) is 9.51. The molecular weight excluding hydrogens is 336 g/mol. The van der Waals surface area contributed by atoms with Crippen LogP contribution in [0.15, 0.2) is 23.8 Å². The van der Waals surface area contributed by atoms with Gasteiger partial charge in [0.2, 0.25) is 0 Å². The third-order valence-electron chi connectivity index (χ3n) is 6.09. The molecule has 1 aromatic carbocycles. The van der Waals surface area contributed by atoms with E-state index in [-0.39, 0.29) is 17.5 Å². The minimum atomic E-state index is -0.219. The van der Waals surface area contributed by atoms with Gasteiger partial charge in [-0.1, -0.05) is 38.3 Å². The van der Waals surface area contributed by atoms with Crippen LogP contribution in [0.4, 0.5) is 0 Å². The minimum Gasteiger partial charge on any atom is -0.487 e. The highest BCUT2D eigenvalue weighted by atomic mass is 16.5. The van der Waals surface area contributed by atoms with Gasteiger partial charge in [0.05, 0.1) is 0 Å². The number of hydrogen-bond acceptors (Lipinski definition) is 3. The number of rotatable bonds is 6. The minimum absolute atomic E-state index is 0.180. The Labute approximate surface area is 164 Å². The lowest BCUT2D eigenvalue weighted by atomic mass is 9.68. The van der Waals surface area contributed by atoms with Gasteiger partial charge in [0.15, 0.2) is 0 Å². The maximum Gasteiger partial charge on any atom is 0.310 e. The van der Waals surface area contributed by atoms with Crippen LogP contribution >= 0.6 is 0 Å². The Morgan fingerprint density at radius 3 is 2.74 bits per heavy atom. The Kier molecular flexibility index (Phi) is 5.98. The van der Waals surface area contributed by atoms with Crippen molar-refractivity contribution in [2.24, 2.45) is 5.92 Å². The lowest BCUT2D eigenvalue weighted by Crippen LogP contribution is -2.45. The summed E-state index contributed by atoms with van der Waals surface area (Å²) in [5, 5.41) is 0. The zero-order valence-electron chi connectivity index (χ0n) is 17.6. The molecule has 0 aromatic heterocycles. The van der Waals surface area contributed by atoms with Crippen LogP contribution in [-0.4, -0.2) is 11.6 Å². The van der Waals surface area contributed by atoms with Crippen LogP contribution in [0, 0.1) is 5.92 Å². The van der Waals surface area contributed by atoms with E-state index in [1.54, 1.807) is 0 Å². The smallest absolute Gasteiger partial charge is 0.310 e. The van der Waals surface area contributed by atoms with Gasteiger partial charge in [-0.3, -0.25) is 4.79 Å². The molecule has 148 valence electrons. The SMILES string of the molecule is CCCCCc1cc(OC(=O)CC)c2c(c1)OC(C)(C)[C@@H]1CCC(C)=C[C@@H]21. The fraction of sp³-hybridized carbons (Fsp3) is 0.625. The fourth-order valence-electron chi connectivity index (χ4n) is 4.56. The third kappa shape index (κ3) is 4.23. The van der Waals surface area contributed by atoms with E-state index >= 15 is 0 Å². The second kappa shape index (κ2) is 8.08. The maximum atomic E-state index is 12.1. The van der Waals surface area contributed by atoms with E-state index in [2.05, 4.69) is 45.9 Å². The quantitative estimate of drug-likeness (QED) is 0.253. The Morgan fingerprint density at radius 1 is 1.26 bits per heavy atom. The molecule has 1 aliphatic heterocycles. The highest BCUT2D eigenvalue weighted by molar-refractivity contribution is 5.73. The average Bonchev–Trinajstić information content (AvgIpc) is 2.60. The molecule has 0 N–H and O–H groups in total. The summed E-state index contributed by atoms with van der Waals surface area (Å²) in [7, 11) is 0. The number of carbonyl (C=O) groups excluding carboxylic acids is 1. The average molecular weight is 371 g/mol. The first kappa shape index (κ1) is 20.0. The summed E-state index contributed by atoms with van der Waals surface area (Å²) in [4.78, 5) is 12.1. The van der Waals surface area contributed by atoms with Crippen LogP contribution in [0.3, 0.4) is 0 Å². The number of hydrogen-bond donors (Lipinski definition) is 0. The molecule has 0 saturated carbocycles. The van der Waals surface area contributed by atoms with Crippen LogP contribution in [0.2, 0.25) is 0 Å². The van der Waals surface area contributed by atoms with Crippen LogP contribution in [-0.2, 0) is 11.2 Å². The van der Waals surface area contributed by atoms with Crippen LogP contribution in [0.1, 0.15) is 90.2 Å². The van der Waals surface area contributed by atoms with Crippen LogP contribution < -0.4 is 9.47 Å². The van der Waals surface area contributed by atoms with E-state index in [1.165, 1.54) is 24.0 Å². The van der Waals surface area contributed by atoms with E-state index < -0.39 is 0 Å². The molecule has 0 amide bonds. The van der Waals surface area contributed by atoms with Crippen molar-refractivity contribution in [2.45, 2.75) is 91.1 Å². The van der Waals surface area contributed by atoms with Gasteiger partial charge in [-0.2, -0.15) is 0 Å². The Hall–Kier alpha value is -1.77. The second-order valence-electron chi connectivity index (χ2n) is 8.68. The van der Waals surface area contributed by atoms with Crippen molar-refractivity contribution in [2.75, 3.05) is 0 Å². The molecule has 3 nitrogen and oxygen atoms in total. The molecule has 1 aliphatic carbocycles. The topological polar surface area (TPSA) is 35.5 Å². The van der Waals surface area contributed by atoms with Gasteiger partial charge in [0.25, 0.3) is 0 Å². The van der Waals surface area contributed by atoms with Crippen molar-refractivity contribution in [3.8, 4) is 11.5 Å². The monoisotopic (exact) mass is 370 g/mol. The lowest BCUT2D eigenvalue weighted by molar-refractivity contribution is -0.134. The zero-order chi connectivity index (χ0) is 19.6. The highest BCUT2D eigenvalue weighted by Crippen LogP contribution is 2.53. The van der Waals surface area contributed by atoms with Gasteiger partial charge in [-0.15, -0.1) is 0 Å². The summed E-state index contributed by atoms with van der Waals surface area (Å²) in [5.74, 6) is 2.09. The molecular formula is C24H34O3. The van der Waals surface area contributed by atoms with Gasteiger partial charge >= 0.3 is 5.97 Å². The Balaban J connectivity index is 2.07. The van der Waals surface area contributed by atoms with E-state index in [1.807, 2.05) is 6.92 Å². The predicted molar refractivity (Wildman–Crippen MR) is 110 cm³/mol. The van der Waals surface area contributed by atoms with Crippen molar-refractivity contribution in [1.82, 2.24) is 0 Å². The number of allylic oxidation sites excluding steroid dienone is 2. The molecule has 2 aliphatic rings. The largest absolute Gasteiger partial charge is 0.487 e. The lowest BCUT2D eigenvalue weighted by Gasteiger charge is -2.46. The second-order valence-corrected chi connectivity index (χ2v) is 8.68. The zero-order valence-corrected chi connectivity index (χ0v) is 17.6. The summed E-state index contributed by atoms with van der Waals surface area (Å²) in [5.41, 5.74) is 3.47. The number of carbonyl (C=O) groups is 1. The number of aryl methyl sites for hydroxylation is 1. The summed E-state index contributed by atoms with van der Waals surface area (Å²) in [6.45, 7) is 10.7. The van der Waals surface area contributed by atoms with Crippen molar-refractivity contribution in [3.63, 3.8) is 0 Å². The summed E-state index contributed by atoms with van der Waals surface area (Å²) < 4.78 is 12.3. The fourth-order valence-corrected chi connectivity index (χ4v) is 4.56. The highest BCUT2D eigenvalue weighted by Gasteiger charge is 2.45. The molecule has 2 atom stereocenters. The number of benzene rings is 1. The Morgan fingerprint density at radius 2 is 2.04 bits per heavy atom. The molecule has 0 unspecified atom stereocenters. The first-order valence-electron chi connectivity index (χ1n) is 10.6. The van der Waals surface area contributed by atoms with Gasteiger partial charge in [0.1, 0.15) is 17.1 Å². The van der Waals surface area contributed by atoms with Crippen molar-refractivity contribution < 1.29 is 14.3 Å². The summed E-state index contributed by atoms with van der Waals surface area (Å²) >= 11 is 0. The molecule has 0 radical (unpaired) electrons. The first-order valence-corrected chi connectivity index (χ1v) is 10.6. The van der Waals surface area contributed by atoms with E-state index in [0.717, 1.165) is 37.0 Å². The number of ether oxygens (including phenoxy) is 2. The number of fused-ring (bicyclic) bond motifs is 3. The molecule has 3 heteroatoms. The van der Waals surface area contributed by atoms with Crippen molar-refractivity contribution >= 4 is 5.97 Å². The van der Waals surface area contributed by atoms with Crippen molar-refractivity contribution in [1.29, 1.82) is 0 Å². The van der Waals surface area contributed by atoms with E-state index in [9.17, 15) is 4.79 Å². The normalized spacial score (nSPS) is 22.9. The number of unbranched alkanes of at least 4 members (excludes halogenated alkanes) is 2. The molecule has 3 rings (SSSR count). The molecule has 0 fully saturated rings. The molecule has 1 heterocycles. The van der Waals surface area contributed by atoms with Gasteiger partial charge in [0, 0.05) is 23.8 Å². The number of esters is 1. The van der Waals surface area contributed by atoms with Crippen LogP contribution in [0.5, 0.6) is 11.5 Å². The van der Waals surface area contributed by atoms with E-state index in [4.69, 9.17) is 9.47 Å². The molecule has 27 heavy (non-hydrogen) atoms. The van der Waals surface area contributed by atoms with Gasteiger partial charge < -0.3 is 9.47 Å². The molecule has 0 saturated heterocycles. The molecule has 0 bridgehead atoms. The predicted octanol–water partition coefficient (Wildman–Crippen LogP) is 6.35. The van der Waals surface area contributed by atoms with Crippen LogP contribution in [0.25, 0.3) is 0 Å². The van der Waals surface area contributed by atoms with Crippen molar-refractivity contribution in [3.05, 3.63) is 34.9 Å². The standard InChI is InChI=1S/C24H34O3/c1-6-8-9-10-17-14-20(26-22(25)7-2)23-18-13-16(3)11-12-19(18)24(4,5)27-21(23)15-17/h13-15,18-19H,6-12H2,1-5H3/t18-,19-/m1/s1.